The van der Waals surface area contributed by atoms with Crippen molar-refractivity contribution in [3.63, 3.8) is 0 Å². The fraction of sp³-hybridized carbons (Fsp3) is 0.0714. The van der Waals surface area contributed by atoms with Crippen molar-refractivity contribution in [1.82, 2.24) is 0 Å². The smallest absolute Gasteiger partial charge is 0.193 e. The molecule has 0 heterocycles. The summed E-state index contributed by atoms with van der Waals surface area (Å²) < 4.78 is 0. The summed E-state index contributed by atoms with van der Waals surface area (Å²) in [6.07, 6.45) is 0. The van der Waals surface area contributed by atoms with E-state index in [1.165, 1.54) is 0 Å². The molecule has 0 bridgehead atoms. The van der Waals surface area contributed by atoms with Crippen molar-refractivity contribution in [3.8, 4) is 0 Å². The minimum absolute atomic E-state index is 0.0625. The van der Waals surface area contributed by atoms with Crippen LogP contribution in [0.3, 0.4) is 0 Å². The molecule has 0 fully saturated rings. The number of rotatable bonds is 2. The predicted molar refractivity (Wildman–Crippen MR) is 71.1 cm³/mol. The fourth-order valence-corrected chi connectivity index (χ4v) is 2.19. The summed E-state index contributed by atoms with van der Waals surface area (Å²) in [6.45, 7) is 1.90. The van der Waals surface area contributed by atoms with Crippen LogP contribution in [-0.4, -0.2) is 5.78 Å². The quantitative estimate of drug-likeness (QED) is 0.729. The lowest BCUT2D eigenvalue weighted by Crippen LogP contribution is -2.03. The zero-order valence-corrected chi connectivity index (χ0v) is 10.7. The van der Waals surface area contributed by atoms with Crippen molar-refractivity contribution < 1.29 is 4.79 Å². The van der Waals surface area contributed by atoms with Crippen LogP contribution in [0.5, 0.6) is 0 Å². The molecular formula is C14H10Cl2O. The summed E-state index contributed by atoms with van der Waals surface area (Å²) >= 11 is 11.8. The van der Waals surface area contributed by atoms with Gasteiger partial charge in [0, 0.05) is 21.2 Å². The summed E-state index contributed by atoms with van der Waals surface area (Å²) in [5, 5.41) is 0.934. The first-order valence-electron chi connectivity index (χ1n) is 5.14. The third kappa shape index (κ3) is 2.68. The first kappa shape index (κ1) is 12.2. The van der Waals surface area contributed by atoms with Crippen LogP contribution >= 0.6 is 23.2 Å². The monoisotopic (exact) mass is 264 g/mol. The van der Waals surface area contributed by atoms with Gasteiger partial charge in [-0.15, -0.1) is 0 Å². The molecule has 0 aliphatic carbocycles. The van der Waals surface area contributed by atoms with Crippen LogP contribution in [-0.2, 0) is 0 Å². The van der Waals surface area contributed by atoms with Crippen LogP contribution in [0, 0.1) is 6.92 Å². The maximum Gasteiger partial charge on any atom is 0.193 e. The van der Waals surface area contributed by atoms with Crippen molar-refractivity contribution in [2.45, 2.75) is 6.92 Å². The molecule has 0 unspecified atom stereocenters. The van der Waals surface area contributed by atoms with Crippen LogP contribution < -0.4 is 0 Å². The second-order valence-electron chi connectivity index (χ2n) is 3.80. The van der Waals surface area contributed by atoms with Crippen molar-refractivity contribution in [2.24, 2.45) is 0 Å². The highest BCUT2D eigenvalue weighted by Crippen LogP contribution is 2.22. The molecule has 17 heavy (non-hydrogen) atoms. The molecule has 0 radical (unpaired) electrons. The number of aryl methyl sites for hydroxylation is 1. The van der Waals surface area contributed by atoms with E-state index < -0.39 is 0 Å². The number of carbonyl (C=O) groups is 1. The third-order valence-corrected chi connectivity index (χ3v) is 2.95. The van der Waals surface area contributed by atoms with E-state index in [0.29, 0.717) is 21.2 Å². The van der Waals surface area contributed by atoms with E-state index in [-0.39, 0.29) is 5.78 Å². The minimum Gasteiger partial charge on any atom is -0.289 e. The van der Waals surface area contributed by atoms with Gasteiger partial charge < -0.3 is 0 Å². The summed E-state index contributed by atoms with van der Waals surface area (Å²) in [7, 11) is 0. The molecule has 2 rings (SSSR count). The van der Waals surface area contributed by atoms with Crippen molar-refractivity contribution in [2.75, 3.05) is 0 Å². The molecule has 1 nitrogen and oxygen atoms in total. The Morgan fingerprint density at radius 3 is 2.18 bits per heavy atom. The molecule has 2 aromatic carbocycles. The highest BCUT2D eigenvalue weighted by atomic mass is 35.5. The van der Waals surface area contributed by atoms with Crippen molar-refractivity contribution in [3.05, 3.63) is 69.2 Å². The molecule has 0 amide bonds. The Hall–Kier alpha value is -1.31. The van der Waals surface area contributed by atoms with E-state index in [1.807, 2.05) is 25.1 Å². The van der Waals surface area contributed by atoms with Gasteiger partial charge in [-0.05, 0) is 30.7 Å². The Morgan fingerprint density at radius 2 is 1.59 bits per heavy atom. The maximum atomic E-state index is 12.3. The van der Waals surface area contributed by atoms with Gasteiger partial charge in [0.15, 0.2) is 5.78 Å². The van der Waals surface area contributed by atoms with Crippen LogP contribution in [0.1, 0.15) is 21.5 Å². The van der Waals surface area contributed by atoms with Gasteiger partial charge in [-0.3, -0.25) is 4.79 Å². The molecule has 0 N–H and O–H groups in total. The lowest BCUT2D eigenvalue weighted by molar-refractivity contribution is 0.103. The van der Waals surface area contributed by atoms with Crippen molar-refractivity contribution in [1.29, 1.82) is 0 Å². The van der Waals surface area contributed by atoms with E-state index in [1.54, 1.807) is 24.3 Å². The number of carbonyl (C=O) groups excluding carboxylic acids is 1. The molecule has 0 saturated heterocycles. The van der Waals surface area contributed by atoms with Gasteiger partial charge in [0.1, 0.15) is 0 Å². The summed E-state index contributed by atoms with van der Waals surface area (Å²) in [5.41, 5.74) is 2.12. The number of hydrogen-bond donors (Lipinski definition) is 0. The van der Waals surface area contributed by atoms with E-state index in [4.69, 9.17) is 23.2 Å². The van der Waals surface area contributed by atoms with Gasteiger partial charge in [0.05, 0.1) is 0 Å². The average Bonchev–Trinajstić information content (AvgIpc) is 2.27. The fourth-order valence-electron chi connectivity index (χ4n) is 1.67. The Kier molecular flexibility index (Phi) is 3.51. The molecule has 86 valence electrons. The summed E-state index contributed by atoms with van der Waals surface area (Å²) in [4.78, 5) is 12.3. The van der Waals surface area contributed by atoms with Gasteiger partial charge in [-0.25, -0.2) is 0 Å². The molecule has 0 spiro atoms. The van der Waals surface area contributed by atoms with Gasteiger partial charge in [0.2, 0.25) is 0 Å². The SMILES string of the molecule is Cc1ccccc1C(=O)c1cc(Cl)cc(Cl)c1. The molecule has 0 aliphatic heterocycles. The van der Waals surface area contributed by atoms with Gasteiger partial charge >= 0.3 is 0 Å². The van der Waals surface area contributed by atoms with Crippen LogP contribution in [0.2, 0.25) is 10.0 Å². The summed E-state index contributed by atoms with van der Waals surface area (Å²) in [6, 6.07) is 12.3. The lowest BCUT2D eigenvalue weighted by Gasteiger charge is -2.05. The standard InChI is InChI=1S/C14H10Cl2O/c1-9-4-2-3-5-13(9)14(17)10-6-11(15)8-12(16)7-10/h2-8H,1H3. The highest BCUT2D eigenvalue weighted by Gasteiger charge is 2.12. The van der Waals surface area contributed by atoms with Gasteiger partial charge in [-0.1, -0.05) is 47.5 Å². The normalized spacial score (nSPS) is 10.3. The Balaban J connectivity index is 2.48. The number of halogens is 2. The number of hydrogen-bond acceptors (Lipinski definition) is 1. The molecule has 0 aromatic heterocycles. The maximum absolute atomic E-state index is 12.3. The molecule has 0 atom stereocenters. The largest absolute Gasteiger partial charge is 0.289 e. The molecule has 0 aliphatic rings. The number of benzene rings is 2. The Labute approximate surface area is 110 Å². The second kappa shape index (κ2) is 4.91. The number of ketones is 1. The Morgan fingerprint density at radius 1 is 1.00 bits per heavy atom. The molecule has 0 saturated carbocycles. The van der Waals surface area contributed by atoms with E-state index in [0.717, 1.165) is 5.56 Å². The van der Waals surface area contributed by atoms with E-state index in [9.17, 15) is 4.79 Å². The second-order valence-corrected chi connectivity index (χ2v) is 4.68. The Bertz CT molecular complexity index is 556. The lowest BCUT2D eigenvalue weighted by atomic mass is 9.99. The molecule has 3 heteroatoms. The zero-order chi connectivity index (χ0) is 12.4. The summed E-state index contributed by atoms with van der Waals surface area (Å²) in [5.74, 6) is -0.0625. The molecule has 2 aromatic rings. The van der Waals surface area contributed by atoms with Gasteiger partial charge in [-0.2, -0.15) is 0 Å². The van der Waals surface area contributed by atoms with Gasteiger partial charge in [0.25, 0.3) is 0 Å². The highest BCUT2D eigenvalue weighted by molar-refractivity contribution is 6.35. The zero-order valence-electron chi connectivity index (χ0n) is 9.21. The van der Waals surface area contributed by atoms with E-state index >= 15 is 0 Å². The minimum atomic E-state index is -0.0625. The third-order valence-electron chi connectivity index (χ3n) is 2.51. The first-order chi connectivity index (χ1) is 8.08. The van der Waals surface area contributed by atoms with E-state index in [2.05, 4.69) is 0 Å². The van der Waals surface area contributed by atoms with Crippen LogP contribution in [0.4, 0.5) is 0 Å². The molecular weight excluding hydrogens is 255 g/mol. The van der Waals surface area contributed by atoms with Crippen LogP contribution in [0.15, 0.2) is 42.5 Å². The topological polar surface area (TPSA) is 17.1 Å². The average molecular weight is 265 g/mol. The first-order valence-corrected chi connectivity index (χ1v) is 5.90. The van der Waals surface area contributed by atoms with Crippen molar-refractivity contribution >= 4 is 29.0 Å². The van der Waals surface area contributed by atoms with Crippen LogP contribution in [0.25, 0.3) is 0 Å². The predicted octanol–water partition coefficient (Wildman–Crippen LogP) is 4.53.